The first-order chi connectivity index (χ1) is 10.5. The van der Waals surface area contributed by atoms with Crippen molar-refractivity contribution in [1.29, 1.82) is 0 Å². The number of hydrogen-bond donors (Lipinski definition) is 0. The maximum atomic E-state index is 6.10. The highest BCUT2D eigenvalue weighted by atomic mass is 16.5. The summed E-state index contributed by atoms with van der Waals surface area (Å²) in [6.07, 6.45) is 1.69. The third kappa shape index (κ3) is 2.91. The first-order valence-electron chi connectivity index (χ1n) is 7.62. The Morgan fingerprint density at radius 1 is 1.36 bits per heavy atom. The van der Waals surface area contributed by atoms with E-state index in [0.29, 0.717) is 6.61 Å². The number of methoxy groups -OCH3 is 1. The van der Waals surface area contributed by atoms with E-state index in [4.69, 9.17) is 9.47 Å². The van der Waals surface area contributed by atoms with Crippen molar-refractivity contribution in [2.24, 2.45) is 0 Å². The molecule has 22 heavy (non-hydrogen) atoms. The van der Waals surface area contributed by atoms with Crippen LogP contribution in [0.5, 0.6) is 0 Å². The Kier molecular flexibility index (Phi) is 4.02. The lowest BCUT2D eigenvalue weighted by Crippen LogP contribution is -2.54. The zero-order chi connectivity index (χ0) is 15.7. The fraction of sp³-hybridized carbons (Fsp3) is 0.529. The van der Waals surface area contributed by atoms with Gasteiger partial charge in [-0.3, -0.25) is 0 Å². The van der Waals surface area contributed by atoms with E-state index in [2.05, 4.69) is 41.7 Å². The molecule has 1 fully saturated rings. The lowest BCUT2D eigenvalue weighted by molar-refractivity contribution is -0.106. The Hall–Kier alpha value is -1.72. The van der Waals surface area contributed by atoms with Crippen molar-refractivity contribution in [2.45, 2.75) is 32.5 Å². The number of aromatic nitrogens is 2. The quantitative estimate of drug-likeness (QED) is 0.872. The van der Waals surface area contributed by atoms with Crippen molar-refractivity contribution >= 4 is 16.7 Å². The van der Waals surface area contributed by atoms with E-state index in [-0.39, 0.29) is 11.7 Å². The Morgan fingerprint density at radius 2 is 2.18 bits per heavy atom. The maximum absolute atomic E-state index is 6.10. The van der Waals surface area contributed by atoms with E-state index in [1.54, 1.807) is 13.4 Å². The Labute approximate surface area is 131 Å². The summed E-state index contributed by atoms with van der Waals surface area (Å²) in [7, 11) is 1.71. The SMILES string of the molecule is COCC1CN(c2ncnc3cccc(C)c23)CC(C)(C)O1. The Morgan fingerprint density at radius 3 is 2.95 bits per heavy atom. The normalized spacial score (nSPS) is 21.3. The number of benzene rings is 1. The second-order valence-electron chi connectivity index (χ2n) is 6.50. The van der Waals surface area contributed by atoms with Gasteiger partial charge >= 0.3 is 0 Å². The molecule has 2 aromatic rings. The van der Waals surface area contributed by atoms with Crippen LogP contribution in [0.2, 0.25) is 0 Å². The van der Waals surface area contributed by atoms with Gasteiger partial charge in [-0.25, -0.2) is 9.97 Å². The molecule has 2 heterocycles. The minimum atomic E-state index is -0.235. The molecular formula is C17H23N3O2. The van der Waals surface area contributed by atoms with E-state index in [1.807, 2.05) is 12.1 Å². The van der Waals surface area contributed by atoms with Crippen LogP contribution in [0.15, 0.2) is 24.5 Å². The Bertz CT molecular complexity index is 667. The molecule has 0 N–H and O–H groups in total. The summed E-state index contributed by atoms with van der Waals surface area (Å²) in [6.45, 7) is 8.48. The third-order valence-corrected chi connectivity index (χ3v) is 3.98. The molecule has 0 spiro atoms. The lowest BCUT2D eigenvalue weighted by Gasteiger charge is -2.43. The van der Waals surface area contributed by atoms with Crippen LogP contribution in [0.3, 0.4) is 0 Å². The van der Waals surface area contributed by atoms with Crippen LogP contribution >= 0.6 is 0 Å². The van der Waals surface area contributed by atoms with E-state index in [1.165, 1.54) is 5.56 Å². The molecule has 0 aliphatic carbocycles. The standard InChI is InChI=1S/C17H23N3O2/c1-12-6-5-7-14-15(12)16(19-11-18-14)20-8-13(9-21-4)22-17(2,3)10-20/h5-7,11,13H,8-10H2,1-4H3. The molecule has 1 atom stereocenters. The molecule has 0 saturated carbocycles. The molecule has 1 saturated heterocycles. The first-order valence-corrected chi connectivity index (χ1v) is 7.62. The van der Waals surface area contributed by atoms with Crippen molar-refractivity contribution in [3.05, 3.63) is 30.1 Å². The number of anilines is 1. The smallest absolute Gasteiger partial charge is 0.140 e. The molecule has 0 radical (unpaired) electrons. The summed E-state index contributed by atoms with van der Waals surface area (Å²) in [5, 5.41) is 1.12. The van der Waals surface area contributed by atoms with Gasteiger partial charge in [0.15, 0.2) is 0 Å². The minimum Gasteiger partial charge on any atom is -0.382 e. The molecule has 1 aliphatic heterocycles. The average Bonchev–Trinajstić information content (AvgIpc) is 2.46. The summed E-state index contributed by atoms with van der Waals surface area (Å²) >= 11 is 0. The van der Waals surface area contributed by atoms with Gasteiger partial charge in [-0.05, 0) is 32.4 Å². The predicted octanol–water partition coefficient (Wildman–Crippen LogP) is 2.57. The molecular weight excluding hydrogens is 278 g/mol. The molecule has 1 aromatic heterocycles. The Balaban J connectivity index is 2.03. The van der Waals surface area contributed by atoms with Crippen LogP contribution in [-0.4, -0.2) is 48.5 Å². The fourth-order valence-electron chi connectivity index (χ4n) is 3.23. The molecule has 1 unspecified atom stereocenters. The van der Waals surface area contributed by atoms with Crippen molar-refractivity contribution in [2.75, 3.05) is 31.7 Å². The molecule has 0 amide bonds. The van der Waals surface area contributed by atoms with Crippen LogP contribution in [-0.2, 0) is 9.47 Å². The van der Waals surface area contributed by atoms with Crippen molar-refractivity contribution in [3.63, 3.8) is 0 Å². The van der Waals surface area contributed by atoms with Gasteiger partial charge in [0.25, 0.3) is 0 Å². The number of fused-ring (bicyclic) bond motifs is 1. The van der Waals surface area contributed by atoms with Crippen LogP contribution < -0.4 is 4.90 Å². The molecule has 1 aliphatic rings. The summed E-state index contributed by atoms with van der Waals surface area (Å²) in [5.41, 5.74) is 1.94. The van der Waals surface area contributed by atoms with Crippen LogP contribution in [0.25, 0.3) is 10.9 Å². The first kappa shape index (κ1) is 15.2. The molecule has 5 heteroatoms. The second kappa shape index (κ2) is 5.82. The topological polar surface area (TPSA) is 47.5 Å². The van der Waals surface area contributed by atoms with Crippen molar-refractivity contribution < 1.29 is 9.47 Å². The highest BCUT2D eigenvalue weighted by molar-refractivity contribution is 5.92. The lowest BCUT2D eigenvalue weighted by atomic mass is 10.0. The van der Waals surface area contributed by atoms with Gasteiger partial charge in [-0.15, -0.1) is 0 Å². The number of nitrogens with zero attached hydrogens (tertiary/aromatic N) is 3. The number of ether oxygens (including phenoxy) is 2. The van der Waals surface area contributed by atoms with Crippen molar-refractivity contribution in [1.82, 2.24) is 9.97 Å². The van der Waals surface area contributed by atoms with Gasteiger partial charge in [0.2, 0.25) is 0 Å². The third-order valence-electron chi connectivity index (χ3n) is 3.98. The summed E-state index contributed by atoms with van der Waals surface area (Å²) in [4.78, 5) is 11.3. The molecule has 1 aromatic carbocycles. The fourth-order valence-corrected chi connectivity index (χ4v) is 3.23. The molecule has 0 bridgehead atoms. The van der Waals surface area contributed by atoms with Gasteiger partial charge in [-0.2, -0.15) is 0 Å². The van der Waals surface area contributed by atoms with Gasteiger partial charge < -0.3 is 14.4 Å². The summed E-state index contributed by atoms with van der Waals surface area (Å²) in [5.74, 6) is 0.987. The molecule has 3 rings (SSSR count). The minimum absolute atomic E-state index is 0.0442. The van der Waals surface area contributed by atoms with E-state index in [9.17, 15) is 0 Å². The number of rotatable bonds is 3. The zero-order valence-corrected chi connectivity index (χ0v) is 13.7. The molecule has 5 nitrogen and oxygen atoms in total. The van der Waals surface area contributed by atoms with E-state index in [0.717, 1.165) is 29.8 Å². The highest BCUT2D eigenvalue weighted by Gasteiger charge is 2.34. The van der Waals surface area contributed by atoms with Gasteiger partial charge in [0.1, 0.15) is 12.1 Å². The average molecular weight is 301 g/mol. The second-order valence-corrected chi connectivity index (χ2v) is 6.50. The monoisotopic (exact) mass is 301 g/mol. The van der Waals surface area contributed by atoms with Gasteiger partial charge in [-0.1, -0.05) is 12.1 Å². The van der Waals surface area contributed by atoms with Crippen molar-refractivity contribution in [3.8, 4) is 0 Å². The van der Waals surface area contributed by atoms with E-state index < -0.39 is 0 Å². The predicted molar refractivity (Wildman–Crippen MR) is 87.3 cm³/mol. The van der Waals surface area contributed by atoms with Gasteiger partial charge in [0, 0.05) is 25.6 Å². The number of aryl methyl sites for hydroxylation is 1. The molecule has 118 valence electrons. The van der Waals surface area contributed by atoms with Gasteiger partial charge in [0.05, 0.1) is 23.8 Å². The zero-order valence-electron chi connectivity index (χ0n) is 13.7. The number of hydrogen-bond acceptors (Lipinski definition) is 5. The summed E-state index contributed by atoms with van der Waals surface area (Å²) < 4.78 is 11.4. The number of morpholine rings is 1. The summed E-state index contributed by atoms with van der Waals surface area (Å²) in [6, 6.07) is 6.17. The van der Waals surface area contributed by atoms with Crippen LogP contribution in [0, 0.1) is 6.92 Å². The van der Waals surface area contributed by atoms with E-state index >= 15 is 0 Å². The van der Waals surface area contributed by atoms with Crippen LogP contribution in [0.4, 0.5) is 5.82 Å². The highest BCUT2D eigenvalue weighted by Crippen LogP contribution is 2.31. The largest absolute Gasteiger partial charge is 0.382 e. The van der Waals surface area contributed by atoms with Crippen LogP contribution in [0.1, 0.15) is 19.4 Å². The maximum Gasteiger partial charge on any atom is 0.140 e.